The second kappa shape index (κ2) is 8.12. The quantitative estimate of drug-likeness (QED) is 0.634. The van der Waals surface area contributed by atoms with E-state index in [1.807, 2.05) is 41.8 Å². The lowest BCUT2D eigenvalue weighted by molar-refractivity contribution is 0.0991. The van der Waals surface area contributed by atoms with Crippen LogP contribution in [0.4, 0.5) is 5.82 Å². The highest BCUT2D eigenvalue weighted by Crippen LogP contribution is 2.29. The first-order valence-electron chi connectivity index (χ1n) is 9.15. The lowest BCUT2D eigenvalue weighted by Crippen LogP contribution is -2.28. The first kappa shape index (κ1) is 18.8. The number of imidazole rings is 1. The number of ether oxygens (including phenoxy) is 2. The highest BCUT2D eigenvalue weighted by atomic mass is 16.5. The number of rotatable bonds is 7. The number of benzene rings is 1. The molecule has 1 aromatic carbocycles. The van der Waals surface area contributed by atoms with Crippen LogP contribution < -0.4 is 14.4 Å². The molecule has 142 valence electrons. The van der Waals surface area contributed by atoms with Crippen LogP contribution in [0.1, 0.15) is 36.3 Å². The zero-order chi connectivity index (χ0) is 19.4. The summed E-state index contributed by atoms with van der Waals surface area (Å²) in [6.07, 6.45) is 3.54. The van der Waals surface area contributed by atoms with Gasteiger partial charge in [0.25, 0.3) is 5.91 Å². The Kier molecular flexibility index (Phi) is 5.64. The van der Waals surface area contributed by atoms with Gasteiger partial charge in [-0.05, 0) is 43.2 Å². The molecule has 0 saturated heterocycles. The molecule has 3 rings (SSSR count). The molecule has 0 saturated carbocycles. The van der Waals surface area contributed by atoms with Gasteiger partial charge in [-0.15, -0.1) is 0 Å². The number of hydrogen-bond acceptors (Lipinski definition) is 4. The van der Waals surface area contributed by atoms with Crippen molar-refractivity contribution in [3.05, 3.63) is 53.9 Å². The van der Waals surface area contributed by atoms with E-state index in [1.54, 1.807) is 31.2 Å². The third kappa shape index (κ3) is 3.60. The molecule has 0 aliphatic heterocycles. The Balaban J connectivity index is 2.05. The fraction of sp³-hybridized carbons (Fsp3) is 0.333. The standard InChI is InChI=1S/C21H25N3O3/c1-5-13-27-18-11-8-12-24-19(18)22-17(6-2)20(24)23(3)21(25)15-9-7-10-16(14-15)26-4/h7-12,14H,5-6,13H2,1-4H3. The summed E-state index contributed by atoms with van der Waals surface area (Å²) in [6.45, 7) is 4.72. The molecule has 6 nitrogen and oxygen atoms in total. The smallest absolute Gasteiger partial charge is 0.259 e. The number of hydrogen-bond donors (Lipinski definition) is 0. The average Bonchev–Trinajstić information content (AvgIpc) is 3.10. The Morgan fingerprint density at radius 3 is 2.74 bits per heavy atom. The van der Waals surface area contributed by atoms with Gasteiger partial charge in [-0.25, -0.2) is 4.98 Å². The fourth-order valence-electron chi connectivity index (χ4n) is 3.04. The lowest BCUT2D eigenvalue weighted by Gasteiger charge is -2.19. The fourth-order valence-corrected chi connectivity index (χ4v) is 3.04. The summed E-state index contributed by atoms with van der Waals surface area (Å²) in [5.41, 5.74) is 2.14. The van der Waals surface area contributed by atoms with Gasteiger partial charge in [-0.3, -0.25) is 14.1 Å². The molecule has 0 fully saturated rings. The summed E-state index contributed by atoms with van der Waals surface area (Å²) in [5, 5.41) is 0. The number of carbonyl (C=O) groups excluding carboxylic acids is 1. The molecule has 0 atom stereocenters. The summed E-state index contributed by atoms with van der Waals surface area (Å²) in [7, 11) is 3.36. The number of anilines is 1. The van der Waals surface area contributed by atoms with E-state index in [1.165, 1.54) is 0 Å². The number of amides is 1. The van der Waals surface area contributed by atoms with Gasteiger partial charge in [0.05, 0.1) is 19.4 Å². The molecular formula is C21H25N3O3. The Morgan fingerprint density at radius 1 is 1.22 bits per heavy atom. The summed E-state index contributed by atoms with van der Waals surface area (Å²) in [6, 6.07) is 11.0. The zero-order valence-electron chi connectivity index (χ0n) is 16.2. The van der Waals surface area contributed by atoms with Gasteiger partial charge in [0.1, 0.15) is 11.6 Å². The molecule has 0 N–H and O–H groups in total. The van der Waals surface area contributed by atoms with Gasteiger partial charge in [-0.1, -0.05) is 19.9 Å². The van der Waals surface area contributed by atoms with E-state index in [0.29, 0.717) is 24.3 Å². The van der Waals surface area contributed by atoms with Gasteiger partial charge in [0.15, 0.2) is 11.4 Å². The van der Waals surface area contributed by atoms with E-state index in [2.05, 4.69) is 6.92 Å². The van der Waals surface area contributed by atoms with Gasteiger partial charge in [0, 0.05) is 18.8 Å². The number of aryl methyl sites for hydroxylation is 1. The van der Waals surface area contributed by atoms with Crippen molar-refractivity contribution in [2.24, 2.45) is 0 Å². The van der Waals surface area contributed by atoms with Crippen LogP contribution in [0.3, 0.4) is 0 Å². The zero-order valence-corrected chi connectivity index (χ0v) is 16.2. The number of nitrogens with zero attached hydrogens (tertiary/aromatic N) is 3. The molecule has 0 radical (unpaired) electrons. The summed E-state index contributed by atoms with van der Waals surface area (Å²) in [5.74, 6) is 2.01. The molecule has 0 spiro atoms. The van der Waals surface area contributed by atoms with Crippen molar-refractivity contribution >= 4 is 17.4 Å². The Bertz CT molecular complexity index is 949. The van der Waals surface area contributed by atoms with E-state index in [9.17, 15) is 4.79 Å². The monoisotopic (exact) mass is 367 g/mol. The van der Waals surface area contributed by atoms with E-state index in [0.717, 1.165) is 29.3 Å². The average molecular weight is 367 g/mol. The highest BCUT2D eigenvalue weighted by Gasteiger charge is 2.22. The molecule has 1 amide bonds. The SMILES string of the molecule is CCCOc1cccn2c(N(C)C(=O)c3cccc(OC)c3)c(CC)nc12. The maximum atomic E-state index is 13.1. The number of fused-ring (bicyclic) bond motifs is 1. The third-order valence-corrected chi connectivity index (χ3v) is 4.39. The molecule has 2 heterocycles. The van der Waals surface area contributed by atoms with Crippen LogP contribution in [0, 0.1) is 0 Å². The normalized spacial score (nSPS) is 10.8. The molecule has 0 aliphatic rings. The Morgan fingerprint density at radius 2 is 2.04 bits per heavy atom. The van der Waals surface area contributed by atoms with Crippen LogP contribution in [0.5, 0.6) is 11.5 Å². The molecule has 2 aromatic heterocycles. The van der Waals surface area contributed by atoms with Gasteiger partial charge in [0.2, 0.25) is 0 Å². The first-order valence-corrected chi connectivity index (χ1v) is 9.15. The second-order valence-electron chi connectivity index (χ2n) is 6.25. The van der Waals surface area contributed by atoms with E-state index in [-0.39, 0.29) is 5.91 Å². The van der Waals surface area contributed by atoms with Crippen molar-refractivity contribution in [1.29, 1.82) is 0 Å². The molecule has 0 bridgehead atoms. The maximum Gasteiger partial charge on any atom is 0.259 e. The van der Waals surface area contributed by atoms with Crippen molar-refractivity contribution in [1.82, 2.24) is 9.38 Å². The summed E-state index contributed by atoms with van der Waals surface area (Å²) in [4.78, 5) is 19.4. The summed E-state index contributed by atoms with van der Waals surface area (Å²) < 4.78 is 13.0. The molecule has 6 heteroatoms. The minimum atomic E-state index is -0.120. The molecule has 3 aromatic rings. The predicted octanol–water partition coefficient (Wildman–Crippen LogP) is 3.97. The number of methoxy groups -OCH3 is 1. The van der Waals surface area contributed by atoms with Crippen LogP contribution in [0.2, 0.25) is 0 Å². The molecule has 0 unspecified atom stereocenters. The van der Waals surface area contributed by atoms with Crippen molar-refractivity contribution in [3.8, 4) is 11.5 Å². The van der Waals surface area contributed by atoms with Crippen LogP contribution in [-0.2, 0) is 6.42 Å². The van der Waals surface area contributed by atoms with Crippen LogP contribution >= 0.6 is 0 Å². The van der Waals surface area contributed by atoms with E-state index >= 15 is 0 Å². The topological polar surface area (TPSA) is 56.1 Å². The number of pyridine rings is 1. The molecule has 27 heavy (non-hydrogen) atoms. The van der Waals surface area contributed by atoms with Gasteiger partial charge < -0.3 is 9.47 Å². The summed E-state index contributed by atoms with van der Waals surface area (Å²) >= 11 is 0. The van der Waals surface area contributed by atoms with Crippen molar-refractivity contribution < 1.29 is 14.3 Å². The number of aromatic nitrogens is 2. The van der Waals surface area contributed by atoms with E-state index in [4.69, 9.17) is 14.5 Å². The van der Waals surface area contributed by atoms with Crippen LogP contribution in [0.15, 0.2) is 42.6 Å². The predicted molar refractivity (Wildman–Crippen MR) is 106 cm³/mol. The highest BCUT2D eigenvalue weighted by molar-refractivity contribution is 6.06. The van der Waals surface area contributed by atoms with Crippen molar-refractivity contribution in [2.75, 3.05) is 25.7 Å². The molecular weight excluding hydrogens is 342 g/mol. The third-order valence-electron chi connectivity index (χ3n) is 4.39. The van der Waals surface area contributed by atoms with Gasteiger partial charge >= 0.3 is 0 Å². The molecule has 0 aliphatic carbocycles. The largest absolute Gasteiger partial charge is 0.497 e. The van der Waals surface area contributed by atoms with Gasteiger partial charge in [-0.2, -0.15) is 0 Å². The van der Waals surface area contributed by atoms with Crippen LogP contribution in [-0.4, -0.2) is 36.1 Å². The maximum absolute atomic E-state index is 13.1. The Labute approximate surface area is 159 Å². The second-order valence-corrected chi connectivity index (χ2v) is 6.25. The first-order chi connectivity index (χ1) is 13.1. The Hall–Kier alpha value is -3.02. The minimum Gasteiger partial charge on any atom is -0.497 e. The minimum absolute atomic E-state index is 0.120. The van der Waals surface area contributed by atoms with Crippen LogP contribution in [0.25, 0.3) is 5.65 Å². The van der Waals surface area contributed by atoms with Crippen molar-refractivity contribution in [3.63, 3.8) is 0 Å². The number of carbonyl (C=O) groups is 1. The van der Waals surface area contributed by atoms with Crippen molar-refractivity contribution in [2.45, 2.75) is 26.7 Å². The van der Waals surface area contributed by atoms with E-state index < -0.39 is 0 Å². The lowest BCUT2D eigenvalue weighted by atomic mass is 10.2.